The number of nitrogens with two attached hydrogens (primary N) is 1. The van der Waals surface area contributed by atoms with Crippen molar-refractivity contribution in [2.24, 2.45) is 9.50 Å². The number of hydrogen-bond acceptors (Lipinski definition) is 5. The first-order chi connectivity index (χ1) is 14.2. The van der Waals surface area contributed by atoms with Crippen LogP contribution in [0.5, 0.6) is 5.88 Å². The van der Waals surface area contributed by atoms with Crippen molar-refractivity contribution in [3.8, 4) is 5.88 Å². The van der Waals surface area contributed by atoms with Crippen LogP contribution in [0.15, 0.2) is 19.9 Å². The third-order valence-electron chi connectivity index (χ3n) is 5.91. The van der Waals surface area contributed by atoms with Gasteiger partial charge >= 0.3 is 6.03 Å². The lowest BCUT2D eigenvalue weighted by atomic mass is 9.76. The molecule has 11 heteroatoms. The molecule has 2 amide bonds. The summed E-state index contributed by atoms with van der Waals surface area (Å²) in [6.45, 7) is 2.62. The summed E-state index contributed by atoms with van der Waals surface area (Å²) in [5.74, 6) is 0.260. The maximum atomic E-state index is 13.1. The molecule has 160 valence electrons. The third-order valence-corrected chi connectivity index (χ3v) is 8.22. The van der Waals surface area contributed by atoms with Crippen LogP contribution in [0.1, 0.15) is 29.2 Å². The number of halogens is 1. The number of anilines is 1. The Morgan fingerprint density at radius 3 is 2.57 bits per heavy atom. The summed E-state index contributed by atoms with van der Waals surface area (Å²) in [5.41, 5.74) is 4.87. The van der Waals surface area contributed by atoms with Crippen LogP contribution < -0.4 is 15.2 Å². The first-order valence-electron chi connectivity index (χ1n) is 9.67. The van der Waals surface area contributed by atoms with E-state index >= 15 is 0 Å². The number of hydrogen-bond donors (Lipinski definition) is 2. The molecule has 3 aliphatic rings. The van der Waals surface area contributed by atoms with Crippen molar-refractivity contribution in [2.75, 3.05) is 19.0 Å². The van der Waals surface area contributed by atoms with Gasteiger partial charge in [-0.25, -0.2) is 18.8 Å². The maximum absolute atomic E-state index is 13.1. The summed E-state index contributed by atoms with van der Waals surface area (Å²) in [5, 5.41) is 13.0. The van der Waals surface area contributed by atoms with Crippen molar-refractivity contribution < 1.29 is 18.5 Å². The topological polar surface area (TPSA) is 121 Å². The second kappa shape index (κ2) is 6.78. The fourth-order valence-corrected chi connectivity index (χ4v) is 6.20. The van der Waals surface area contributed by atoms with Crippen LogP contribution in [0.25, 0.3) is 0 Å². The molecule has 2 aliphatic carbocycles. The molecule has 30 heavy (non-hydrogen) atoms. The molecule has 0 saturated heterocycles. The number of aromatic nitrogens is 2. The molecule has 1 aliphatic heterocycles. The van der Waals surface area contributed by atoms with Gasteiger partial charge < -0.3 is 14.8 Å². The number of carbonyl (C=O) groups is 1. The van der Waals surface area contributed by atoms with E-state index in [0.717, 1.165) is 47.0 Å². The number of benzene rings is 1. The predicted octanol–water partition coefficient (Wildman–Crippen LogP) is 2.57. The van der Waals surface area contributed by atoms with Gasteiger partial charge in [-0.1, -0.05) is 15.9 Å². The highest BCUT2D eigenvalue weighted by atomic mass is 79.9. The van der Waals surface area contributed by atoms with Gasteiger partial charge in [-0.15, -0.1) is 4.36 Å². The van der Waals surface area contributed by atoms with E-state index in [9.17, 15) is 9.00 Å². The van der Waals surface area contributed by atoms with Gasteiger partial charge in [-0.3, -0.25) is 0 Å². The van der Waals surface area contributed by atoms with Gasteiger partial charge in [0.1, 0.15) is 4.90 Å². The Balaban J connectivity index is 1.44. The molecule has 0 bridgehead atoms. The van der Waals surface area contributed by atoms with Crippen LogP contribution in [-0.4, -0.2) is 39.3 Å². The molecule has 5 rings (SSSR count). The standard InChI is InChI=1S/C19H22BrN5O4S/c1-19(9-28-2)8-25-17(29-19)14(7-22-25)30(21,27)24-18(26)23-16-12-5-3-10(12)15(20)11-4-6-13(11)16/h7H,3-6,8-9H2,1-2H3,(H3,21,23,24,26,27)/t19-,30?/m1/s1. The Labute approximate surface area is 182 Å². The molecule has 0 fully saturated rings. The van der Waals surface area contributed by atoms with Crippen LogP contribution in [0.3, 0.4) is 0 Å². The summed E-state index contributed by atoms with van der Waals surface area (Å²) in [6, 6.07) is -0.731. The fourth-order valence-electron chi connectivity index (χ4n) is 4.34. The van der Waals surface area contributed by atoms with Crippen LogP contribution in [0.4, 0.5) is 10.5 Å². The summed E-state index contributed by atoms with van der Waals surface area (Å²) in [7, 11) is -1.96. The number of amides is 2. The highest BCUT2D eigenvalue weighted by Gasteiger charge is 2.39. The van der Waals surface area contributed by atoms with Crippen molar-refractivity contribution in [2.45, 2.75) is 49.6 Å². The number of methoxy groups -OCH3 is 1. The number of ether oxygens (including phenoxy) is 2. The average Bonchev–Trinajstić information content (AvgIpc) is 3.07. The van der Waals surface area contributed by atoms with Crippen molar-refractivity contribution in [3.63, 3.8) is 0 Å². The normalized spacial score (nSPS) is 22.5. The van der Waals surface area contributed by atoms with Crippen LogP contribution >= 0.6 is 15.9 Å². The first-order valence-corrected chi connectivity index (χ1v) is 12.0. The summed E-state index contributed by atoms with van der Waals surface area (Å²) in [6.07, 6.45) is 5.11. The Morgan fingerprint density at radius 2 is 2.00 bits per heavy atom. The van der Waals surface area contributed by atoms with Crippen molar-refractivity contribution in [1.82, 2.24) is 9.78 Å². The molecule has 1 unspecified atom stereocenters. The summed E-state index contributed by atoms with van der Waals surface area (Å²) in [4.78, 5) is 12.8. The van der Waals surface area contributed by atoms with Gasteiger partial charge in [-0.05, 0) is 54.9 Å². The van der Waals surface area contributed by atoms with E-state index in [0.29, 0.717) is 13.2 Å². The molecule has 2 atom stereocenters. The number of urea groups is 1. The largest absolute Gasteiger partial charge is 0.466 e. The number of rotatable bonds is 4. The minimum Gasteiger partial charge on any atom is -0.466 e. The average molecular weight is 496 g/mol. The van der Waals surface area contributed by atoms with E-state index in [-0.39, 0.29) is 10.8 Å². The van der Waals surface area contributed by atoms with Crippen LogP contribution in [0.2, 0.25) is 0 Å². The van der Waals surface area contributed by atoms with E-state index in [2.05, 4.69) is 30.7 Å². The van der Waals surface area contributed by atoms with E-state index in [4.69, 9.17) is 14.6 Å². The second-order valence-corrected chi connectivity index (χ2v) is 10.7. The lowest BCUT2D eigenvalue weighted by Gasteiger charge is -2.33. The molecule has 2 aromatic rings. The van der Waals surface area contributed by atoms with Gasteiger partial charge in [0.25, 0.3) is 0 Å². The second-order valence-electron chi connectivity index (χ2n) is 8.15. The number of fused-ring (bicyclic) bond motifs is 3. The van der Waals surface area contributed by atoms with E-state index in [1.807, 2.05) is 6.92 Å². The van der Waals surface area contributed by atoms with Crippen molar-refractivity contribution in [1.29, 1.82) is 0 Å². The fraction of sp³-hybridized carbons (Fsp3) is 0.474. The van der Waals surface area contributed by atoms with E-state index < -0.39 is 21.5 Å². The van der Waals surface area contributed by atoms with E-state index in [1.54, 1.807) is 11.8 Å². The van der Waals surface area contributed by atoms with Crippen molar-refractivity contribution >= 4 is 37.6 Å². The number of nitrogens with one attached hydrogen (secondary N) is 1. The third kappa shape index (κ3) is 2.98. The summed E-state index contributed by atoms with van der Waals surface area (Å²) >= 11 is 3.67. The molecule has 1 aromatic heterocycles. The first kappa shape index (κ1) is 20.0. The molecule has 0 spiro atoms. The quantitative estimate of drug-likeness (QED) is 0.674. The Hall–Kier alpha value is -1.95. The van der Waals surface area contributed by atoms with Gasteiger partial charge in [0.15, 0.2) is 15.5 Å². The zero-order valence-electron chi connectivity index (χ0n) is 16.7. The molecule has 9 nitrogen and oxygen atoms in total. The minimum absolute atomic E-state index is 0.106. The van der Waals surface area contributed by atoms with Gasteiger partial charge in [0.2, 0.25) is 5.88 Å². The lowest BCUT2D eigenvalue weighted by Crippen LogP contribution is -2.36. The zero-order valence-corrected chi connectivity index (χ0v) is 19.1. The highest BCUT2D eigenvalue weighted by molar-refractivity contribution is 9.10. The van der Waals surface area contributed by atoms with Gasteiger partial charge in [0, 0.05) is 17.3 Å². The Morgan fingerprint density at radius 1 is 1.37 bits per heavy atom. The highest BCUT2D eigenvalue weighted by Crippen LogP contribution is 2.46. The van der Waals surface area contributed by atoms with Gasteiger partial charge in [-0.2, -0.15) is 5.10 Å². The van der Waals surface area contributed by atoms with E-state index in [1.165, 1.54) is 17.3 Å². The zero-order chi connectivity index (χ0) is 21.3. The maximum Gasteiger partial charge on any atom is 0.354 e. The molecular formula is C19H22BrN5O4S. The number of nitrogens with zero attached hydrogens (tertiary/aromatic N) is 3. The smallest absolute Gasteiger partial charge is 0.354 e. The monoisotopic (exact) mass is 495 g/mol. The van der Waals surface area contributed by atoms with Crippen LogP contribution in [0, 0.1) is 0 Å². The molecule has 1 aromatic carbocycles. The summed E-state index contributed by atoms with van der Waals surface area (Å²) < 4.78 is 30.8. The van der Waals surface area contributed by atoms with Gasteiger partial charge in [0.05, 0.1) is 19.3 Å². The molecule has 0 radical (unpaired) electrons. The predicted molar refractivity (Wildman–Crippen MR) is 114 cm³/mol. The minimum atomic E-state index is -3.54. The Bertz CT molecular complexity index is 1180. The van der Waals surface area contributed by atoms with Crippen molar-refractivity contribution in [3.05, 3.63) is 32.9 Å². The SMILES string of the molecule is COC[C@@]1(C)Cn2ncc(S(N)(=O)=NC(=O)Nc3c4c(c(Br)c5c3CC5)CC4)c2O1. The van der Waals surface area contributed by atoms with Crippen LogP contribution in [-0.2, 0) is 46.9 Å². The molecule has 2 heterocycles. The molecule has 0 saturated carbocycles. The Kier molecular flexibility index (Phi) is 4.51. The lowest BCUT2D eigenvalue weighted by molar-refractivity contribution is 0.0165. The molecule has 3 N–H and O–H groups in total. The number of carbonyl (C=O) groups excluding carboxylic acids is 1. The molecular weight excluding hydrogens is 474 g/mol.